The summed E-state index contributed by atoms with van der Waals surface area (Å²) in [6.45, 7) is 1.72. The molecule has 0 amide bonds. The lowest BCUT2D eigenvalue weighted by Gasteiger charge is -2.07. The van der Waals surface area contributed by atoms with Crippen LogP contribution in [-0.4, -0.2) is 24.5 Å². The second kappa shape index (κ2) is 6.12. The van der Waals surface area contributed by atoms with Gasteiger partial charge in [-0.2, -0.15) is 0 Å². The number of thiophene rings is 1. The second-order valence-electron chi connectivity index (χ2n) is 4.19. The molecule has 21 heavy (non-hydrogen) atoms. The number of nitrogens with zero attached hydrogens (tertiary/aromatic N) is 1. The number of nitrogens with one attached hydrogen (secondary N) is 1. The van der Waals surface area contributed by atoms with Gasteiger partial charge >= 0.3 is 5.97 Å². The lowest BCUT2D eigenvalue weighted by atomic mass is 10.3. The number of aryl methyl sites for hydroxylation is 1. The standard InChI is InChI=1S/C12H11BrN2O4S2/c1-7-10(5-11(13)20-7)21(18,19)15-9-3-2-8(14-6-9)4-12(16)17/h2-3,5-6,15H,4H2,1H3,(H,16,17). The summed E-state index contributed by atoms with van der Waals surface area (Å²) in [7, 11) is -3.68. The molecule has 0 saturated carbocycles. The highest BCUT2D eigenvalue weighted by Gasteiger charge is 2.19. The van der Waals surface area contributed by atoms with Gasteiger partial charge in [-0.1, -0.05) is 0 Å². The van der Waals surface area contributed by atoms with Gasteiger partial charge in [0.2, 0.25) is 0 Å². The van der Waals surface area contributed by atoms with Crippen molar-refractivity contribution in [2.75, 3.05) is 4.72 Å². The molecule has 0 aliphatic carbocycles. The molecular formula is C12H11BrN2O4S2. The SMILES string of the molecule is Cc1sc(Br)cc1S(=O)(=O)Nc1ccc(CC(=O)O)nc1. The Kier molecular flexibility index (Phi) is 4.64. The molecule has 0 radical (unpaired) electrons. The molecule has 6 nitrogen and oxygen atoms in total. The van der Waals surface area contributed by atoms with Crippen LogP contribution in [0.3, 0.4) is 0 Å². The predicted molar refractivity (Wildman–Crippen MR) is 83.1 cm³/mol. The van der Waals surface area contributed by atoms with Gasteiger partial charge in [0.1, 0.15) is 4.90 Å². The van der Waals surface area contributed by atoms with Gasteiger partial charge in [-0.25, -0.2) is 8.42 Å². The average molecular weight is 391 g/mol. The Morgan fingerprint density at radius 2 is 2.19 bits per heavy atom. The van der Waals surface area contributed by atoms with Crippen molar-refractivity contribution in [3.05, 3.63) is 38.8 Å². The van der Waals surface area contributed by atoms with E-state index in [0.717, 1.165) is 3.79 Å². The second-order valence-corrected chi connectivity index (χ2v) is 8.47. The molecule has 0 aromatic carbocycles. The third-order valence-corrected chi connectivity index (χ3v) is 5.73. The van der Waals surface area contributed by atoms with Crippen molar-refractivity contribution >= 4 is 48.9 Å². The van der Waals surface area contributed by atoms with Crippen molar-refractivity contribution in [2.45, 2.75) is 18.2 Å². The highest BCUT2D eigenvalue weighted by atomic mass is 79.9. The first kappa shape index (κ1) is 15.9. The zero-order chi connectivity index (χ0) is 15.6. The summed E-state index contributed by atoms with van der Waals surface area (Å²) in [4.78, 5) is 15.3. The summed E-state index contributed by atoms with van der Waals surface area (Å²) in [5.74, 6) is -0.991. The van der Waals surface area contributed by atoms with Crippen LogP contribution in [0.2, 0.25) is 0 Å². The number of hydrogen-bond donors (Lipinski definition) is 2. The maximum absolute atomic E-state index is 12.3. The molecule has 2 aromatic heterocycles. The smallest absolute Gasteiger partial charge is 0.309 e. The number of sulfonamides is 1. The van der Waals surface area contributed by atoms with Crippen LogP contribution < -0.4 is 4.72 Å². The Morgan fingerprint density at radius 3 is 2.67 bits per heavy atom. The number of rotatable bonds is 5. The van der Waals surface area contributed by atoms with Crippen LogP contribution in [0.25, 0.3) is 0 Å². The number of carboxylic acid groups (broad SMARTS) is 1. The summed E-state index contributed by atoms with van der Waals surface area (Å²) in [6.07, 6.45) is 1.09. The number of carboxylic acids is 1. The number of aromatic nitrogens is 1. The van der Waals surface area contributed by atoms with E-state index in [2.05, 4.69) is 25.6 Å². The quantitative estimate of drug-likeness (QED) is 0.817. The van der Waals surface area contributed by atoms with Gasteiger partial charge < -0.3 is 5.11 Å². The first-order valence-corrected chi connectivity index (χ1v) is 8.82. The summed E-state index contributed by atoms with van der Waals surface area (Å²) in [5.41, 5.74) is 0.644. The highest BCUT2D eigenvalue weighted by Crippen LogP contribution is 2.30. The predicted octanol–water partition coefficient (Wildman–Crippen LogP) is 2.64. The average Bonchev–Trinajstić information content (AvgIpc) is 2.71. The molecular weight excluding hydrogens is 380 g/mol. The van der Waals surface area contributed by atoms with Crippen molar-refractivity contribution in [3.63, 3.8) is 0 Å². The number of hydrogen-bond acceptors (Lipinski definition) is 5. The van der Waals surface area contributed by atoms with Crippen molar-refractivity contribution in [1.29, 1.82) is 0 Å². The summed E-state index contributed by atoms with van der Waals surface area (Å²) in [6, 6.07) is 4.50. The number of halogens is 1. The lowest BCUT2D eigenvalue weighted by molar-refractivity contribution is -0.136. The third-order valence-electron chi connectivity index (χ3n) is 2.54. The van der Waals surface area contributed by atoms with Crippen molar-refractivity contribution in [1.82, 2.24) is 4.98 Å². The summed E-state index contributed by atoms with van der Waals surface area (Å²) >= 11 is 4.58. The minimum absolute atomic E-state index is 0.203. The van der Waals surface area contributed by atoms with Crippen molar-refractivity contribution < 1.29 is 18.3 Å². The van der Waals surface area contributed by atoms with Gasteiger partial charge in [-0.15, -0.1) is 11.3 Å². The first-order valence-electron chi connectivity index (χ1n) is 5.73. The van der Waals surface area contributed by atoms with Crippen LogP contribution in [-0.2, 0) is 21.2 Å². The zero-order valence-electron chi connectivity index (χ0n) is 10.8. The molecule has 2 aromatic rings. The number of pyridine rings is 1. The van der Waals surface area contributed by atoms with Gasteiger partial charge in [0.05, 0.1) is 27.8 Å². The largest absolute Gasteiger partial charge is 0.481 e. The Hall–Kier alpha value is -1.45. The molecule has 0 bridgehead atoms. The number of aliphatic carboxylic acids is 1. The van der Waals surface area contributed by atoms with Crippen LogP contribution >= 0.6 is 27.3 Å². The molecule has 0 atom stereocenters. The number of anilines is 1. The highest BCUT2D eigenvalue weighted by molar-refractivity contribution is 9.11. The molecule has 0 aliphatic rings. The van der Waals surface area contributed by atoms with Gasteiger partial charge in [0.15, 0.2) is 0 Å². The fourth-order valence-electron chi connectivity index (χ4n) is 1.65. The summed E-state index contributed by atoms with van der Waals surface area (Å²) < 4.78 is 27.7. The lowest BCUT2D eigenvalue weighted by Crippen LogP contribution is -2.13. The Labute approximate surface area is 134 Å². The minimum atomic E-state index is -3.68. The Bertz CT molecular complexity index is 769. The van der Waals surface area contributed by atoms with E-state index in [1.54, 1.807) is 6.92 Å². The normalized spacial score (nSPS) is 11.3. The maximum Gasteiger partial charge on any atom is 0.309 e. The molecule has 0 spiro atoms. The molecule has 0 aliphatic heterocycles. The van der Waals surface area contributed by atoms with Crippen LogP contribution in [0.15, 0.2) is 33.1 Å². The van der Waals surface area contributed by atoms with Crippen LogP contribution in [0, 0.1) is 6.92 Å². The molecule has 0 unspecified atom stereocenters. The molecule has 0 fully saturated rings. The van der Waals surface area contributed by atoms with Crippen molar-refractivity contribution in [2.24, 2.45) is 0 Å². The Balaban J connectivity index is 2.21. The van der Waals surface area contributed by atoms with E-state index in [0.29, 0.717) is 10.6 Å². The van der Waals surface area contributed by atoms with Crippen LogP contribution in [0.1, 0.15) is 10.6 Å². The topological polar surface area (TPSA) is 96.4 Å². The van der Waals surface area contributed by atoms with E-state index in [-0.39, 0.29) is 17.0 Å². The zero-order valence-corrected chi connectivity index (χ0v) is 14.0. The fraction of sp³-hybridized carbons (Fsp3) is 0.167. The molecule has 2 rings (SSSR count). The van der Waals surface area contributed by atoms with E-state index in [1.807, 2.05) is 0 Å². The van der Waals surface area contributed by atoms with E-state index >= 15 is 0 Å². The maximum atomic E-state index is 12.3. The van der Waals surface area contributed by atoms with Gasteiger partial charge in [-0.05, 0) is 41.1 Å². The van der Waals surface area contributed by atoms with E-state index in [4.69, 9.17) is 5.11 Å². The molecule has 9 heteroatoms. The van der Waals surface area contributed by atoms with E-state index in [1.165, 1.54) is 35.7 Å². The van der Waals surface area contributed by atoms with Gasteiger partial charge in [-0.3, -0.25) is 14.5 Å². The van der Waals surface area contributed by atoms with Crippen molar-refractivity contribution in [3.8, 4) is 0 Å². The molecule has 0 saturated heterocycles. The molecule has 2 N–H and O–H groups in total. The first-order chi connectivity index (χ1) is 9.78. The molecule has 2 heterocycles. The molecule has 112 valence electrons. The Morgan fingerprint density at radius 1 is 1.48 bits per heavy atom. The fourth-order valence-corrected chi connectivity index (χ4v) is 5.11. The monoisotopic (exact) mass is 390 g/mol. The van der Waals surface area contributed by atoms with Gasteiger partial charge in [0.25, 0.3) is 10.0 Å². The minimum Gasteiger partial charge on any atom is -0.481 e. The van der Waals surface area contributed by atoms with Crippen LogP contribution in [0.5, 0.6) is 0 Å². The van der Waals surface area contributed by atoms with Crippen LogP contribution in [0.4, 0.5) is 5.69 Å². The van der Waals surface area contributed by atoms with E-state index < -0.39 is 16.0 Å². The summed E-state index contributed by atoms with van der Waals surface area (Å²) in [5, 5.41) is 8.65. The van der Waals surface area contributed by atoms with E-state index in [9.17, 15) is 13.2 Å². The van der Waals surface area contributed by atoms with Gasteiger partial charge in [0, 0.05) is 4.88 Å². The third kappa shape index (κ3) is 4.02. The number of carbonyl (C=O) groups is 1.